The average molecular weight is 467 g/mol. The molecular weight excluding hydrogens is 448 g/mol. The minimum Gasteiger partial charge on any atom is -0.455 e. The molecule has 9 heteroatoms. The number of amides is 2. The molecule has 1 fully saturated rings. The molecule has 3 aromatic rings. The molecule has 1 atom stereocenters. The number of nitrogens with zero attached hydrogens (tertiary/aromatic N) is 2. The van der Waals surface area contributed by atoms with E-state index >= 15 is 0 Å². The van der Waals surface area contributed by atoms with Crippen LogP contribution in [0.25, 0.3) is 11.3 Å². The van der Waals surface area contributed by atoms with Gasteiger partial charge in [-0.05, 0) is 43.3 Å². The molecule has 2 heterocycles. The minimum absolute atomic E-state index is 0.0138. The summed E-state index contributed by atoms with van der Waals surface area (Å²) in [5.41, 5.74) is 2.76. The Labute approximate surface area is 193 Å². The van der Waals surface area contributed by atoms with E-state index in [1.807, 2.05) is 37.3 Å². The van der Waals surface area contributed by atoms with Crippen LogP contribution in [0.15, 0.2) is 75.3 Å². The van der Waals surface area contributed by atoms with Gasteiger partial charge >= 0.3 is 0 Å². The van der Waals surface area contributed by atoms with Crippen LogP contribution >= 0.6 is 23.4 Å². The maximum atomic E-state index is 12.2. The zero-order valence-electron chi connectivity index (χ0n) is 17.0. The van der Waals surface area contributed by atoms with Crippen LogP contribution in [-0.2, 0) is 9.59 Å². The predicted octanol–water partition coefficient (Wildman–Crippen LogP) is 4.86. The number of benzene rings is 2. The summed E-state index contributed by atoms with van der Waals surface area (Å²) in [4.78, 5) is 24.4. The molecule has 1 unspecified atom stereocenters. The van der Waals surface area contributed by atoms with Gasteiger partial charge in [0.1, 0.15) is 16.8 Å². The molecule has 2 aromatic carbocycles. The van der Waals surface area contributed by atoms with Crippen molar-refractivity contribution in [1.29, 1.82) is 0 Å². The maximum Gasteiger partial charge on any atom is 0.240 e. The summed E-state index contributed by atoms with van der Waals surface area (Å²) < 4.78 is 5.76. The van der Waals surface area contributed by atoms with Crippen LogP contribution in [-0.4, -0.2) is 28.4 Å². The number of hydrogen-bond donors (Lipinski definition) is 2. The molecule has 2 amide bonds. The van der Waals surface area contributed by atoms with Crippen molar-refractivity contribution >= 4 is 52.2 Å². The van der Waals surface area contributed by atoms with Gasteiger partial charge in [-0.1, -0.05) is 53.2 Å². The van der Waals surface area contributed by atoms with E-state index in [9.17, 15) is 9.59 Å². The number of furan rings is 1. The monoisotopic (exact) mass is 466 g/mol. The molecule has 0 saturated carbocycles. The zero-order chi connectivity index (χ0) is 22.5. The minimum atomic E-state index is -0.576. The van der Waals surface area contributed by atoms with E-state index < -0.39 is 5.25 Å². The van der Waals surface area contributed by atoms with Crippen molar-refractivity contribution in [3.05, 3.63) is 77.0 Å². The molecule has 1 aromatic heterocycles. The first-order valence-electron chi connectivity index (χ1n) is 9.77. The third-order valence-electron chi connectivity index (χ3n) is 4.57. The summed E-state index contributed by atoms with van der Waals surface area (Å²) in [5.74, 6) is 0.714. The SMILES string of the molecule is Cc1ccc(-c2ccc(/C=N/N=C3\NC(=O)C(CC(=O)Nc4ccc(Cl)cc4)S3)o2)cc1. The number of rotatable bonds is 6. The van der Waals surface area contributed by atoms with Gasteiger partial charge in [-0.25, -0.2) is 0 Å². The molecular formula is C23H19ClN4O3S. The third kappa shape index (κ3) is 5.66. The summed E-state index contributed by atoms with van der Waals surface area (Å²) in [5, 5.41) is 13.7. The molecule has 4 rings (SSSR count). The number of halogens is 1. The number of hydrogen-bond acceptors (Lipinski definition) is 6. The largest absolute Gasteiger partial charge is 0.455 e. The molecule has 1 aliphatic rings. The molecule has 0 spiro atoms. The number of thioether (sulfide) groups is 1. The normalized spacial score (nSPS) is 17.1. The molecule has 1 aliphatic heterocycles. The van der Waals surface area contributed by atoms with Crippen molar-refractivity contribution in [1.82, 2.24) is 5.32 Å². The van der Waals surface area contributed by atoms with E-state index in [1.54, 1.807) is 30.3 Å². The van der Waals surface area contributed by atoms with Crippen molar-refractivity contribution in [2.45, 2.75) is 18.6 Å². The smallest absolute Gasteiger partial charge is 0.240 e. The lowest BCUT2D eigenvalue weighted by Crippen LogP contribution is -2.28. The highest BCUT2D eigenvalue weighted by molar-refractivity contribution is 8.15. The Morgan fingerprint density at radius 2 is 1.91 bits per heavy atom. The first kappa shape index (κ1) is 21.9. The van der Waals surface area contributed by atoms with Crippen LogP contribution in [0.5, 0.6) is 0 Å². The number of aryl methyl sites for hydroxylation is 1. The molecule has 0 aliphatic carbocycles. The fraction of sp³-hybridized carbons (Fsp3) is 0.130. The fourth-order valence-corrected chi connectivity index (χ4v) is 3.98. The first-order chi connectivity index (χ1) is 15.5. The Hall–Kier alpha value is -3.36. The number of amidine groups is 1. The highest BCUT2D eigenvalue weighted by atomic mass is 35.5. The Balaban J connectivity index is 1.32. The van der Waals surface area contributed by atoms with Gasteiger partial charge in [-0.15, -0.1) is 5.10 Å². The van der Waals surface area contributed by atoms with Crippen LogP contribution in [0.1, 0.15) is 17.7 Å². The van der Waals surface area contributed by atoms with E-state index in [2.05, 4.69) is 20.8 Å². The van der Waals surface area contributed by atoms with Gasteiger partial charge in [0.2, 0.25) is 11.8 Å². The average Bonchev–Trinajstić information content (AvgIpc) is 3.37. The highest BCUT2D eigenvalue weighted by Gasteiger charge is 2.32. The molecule has 0 radical (unpaired) electrons. The zero-order valence-corrected chi connectivity index (χ0v) is 18.6. The van der Waals surface area contributed by atoms with Gasteiger partial charge in [0.25, 0.3) is 0 Å². The second-order valence-electron chi connectivity index (χ2n) is 7.07. The molecule has 162 valence electrons. The quantitative estimate of drug-likeness (QED) is 0.400. The second kappa shape index (κ2) is 9.84. The van der Waals surface area contributed by atoms with Crippen molar-refractivity contribution < 1.29 is 14.0 Å². The lowest BCUT2D eigenvalue weighted by Gasteiger charge is -2.07. The second-order valence-corrected chi connectivity index (χ2v) is 8.70. The molecule has 32 heavy (non-hydrogen) atoms. The van der Waals surface area contributed by atoms with E-state index in [1.165, 1.54) is 11.8 Å². The van der Waals surface area contributed by atoms with E-state index in [0.29, 0.717) is 21.6 Å². The van der Waals surface area contributed by atoms with Gasteiger partial charge in [-0.2, -0.15) is 5.10 Å². The molecule has 1 saturated heterocycles. The summed E-state index contributed by atoms with van der Waals surface area (Å²) in [6, 6.07) is 18.4. The van der Waals surface area contributed by atoms with Crippen LogP contribution in [0.3, 0.4) is 0 Å². The Morgan fingerprint density at radius 3 is 2.66 bits per heavy atom. The number of nitrogens with one attached hydrogen (secondary N) is 2. The summed E-state index contributed by atoms with van der Waals surface area (Å²) in [6.45, 7) is 2.03. The standard InChI is InChI=1S/C23H19ClN4O3S/c1-14-2-4-15(5-3-14)19-11-10-18(31-19)13-25-28-23-27-22(30)20(32-23)12-21(29)26-17-8-6-16(24)7-9-17/h2-11,13,20H,12H2,1H3,(H,26,29)(H,27,28,30)/b25-13+. The summed E-state index contributed by atoms with van der Waals surface area (Å²) in [7, 11) is 0. The topological polar surface area (TPSA) is 96.1 Å². The highest BCUT2D eigenvalue weighted by Crippen LogP contribution is 2.24. The van der Waals surface area contributed by atoms with E-state index in [0.717, 1.165) is 23.1 Å². The Bertz CT molecular complexity index is 1190. The lowest BCUT2D eigenvalue weighted by atomic mass is 10.1. The van der Waals surface area contributed by atoms with Gasteiger partial charge in [0.05, 0.1) is 6.21 Å². The molecule has 2 N–H and O–H groups in total. The van der Waals surface area contributed by atoms with Crippen molar-refractivity contribution in [3.63, 3.8) is 0 Å². The third-order valence-corrected chi connectivity index (χ3v) is 5.90. The lowest BCUT2D eigenvalue weighted by molar-refractivity contribution is -0.122. The van der Waals surface area contributed by atoms with Crippen molar-refractivity contribution in [2.75, 3.05) is 5.32 Å². The molecule has 0 bridgehead atoms. The Morgan fingerprint density at radius 1 is 1.16 bits per heavy atom. The van der Waals surface area contributed by atoms with E-state index in [-0.39, 0.29) is 18.2 Å². The van der Waals surface area contributed by atoms with Gasteiger partial charge in [0, 0.05) is 22.7 Å². The van der Waals surface area contributed by atoms with Crippen LogP contribution in [0.4, 0.5) is 5.69 Å². The van der Waals surface area contributed by atoms with Crippen LogP contribution < -0.4 is 10.6 Å². The first-order valence-corrected chi connectivity index (χ1v) is 11.0. The van der Waals surface area contributed by atoms with Crippen molar-refractivity contribution in [2.24, 2.45) is 10.2 Å². The fourth-order valence-electron chi connectivity index (χ4n) is 2.93. The van der Waals surface area contributed by atoms with E-state index in [4.69, 9.17) is 16.0 Å². The number of carbonyl (C=O) groups is 2. The van der Waals surface area contributed by atoms with Crippen molar-refractivity contribution in [3.8, 4) is 11.3 Å². The number of carbonyl (C=O) groups excluding carboxylic acids is 2. The number of anilines is 1. The van der Waals surface area contributed by atoms with Crippen LogP contribution in [0.2, 0.25) is 5.02 Å². The van der Waals surface area contributed by atoms with Gasteiger partial charge in [-0.3, -0.25) is 9.59 Å². The predicted molar refractivity (Wildman–Crippen MR) is 128 cm³/mol. The Kier molecular flexibility index (Phi) is 6.72. The molecule has 7 nitrogen and oxygen atoms in total. The van der Waals surface area contributed by atoms with Gasteiger partial charge < -0.3 is 15.1 Å². The van der Waals surface area contributed by atoms with Crippen LogP contribution in [0, 0.1) is 6.92 Å². The summed E-state index contributed by atoms with van der Waals surface area (Å²) >= 11 is 7.00. The maximum absolute atomic E-state index is 12.2. The van der Waals surface area contributed by atoms with Gasteiger partial charge in [0.15, 0.2) is 5.17 Å². The summed E-state index contributed by atoms with van der Waals surface area (Å²) in [6.07, 6.45) is 1.48.